The molecule has 0 bridgehead atoms. The lowest BCUT2D eigenvalue weighted by Gasteiger charge is -2.15. The van der Waals surface area contributed by atoms with E-state index in [1.807, 2.05) is 17.8 Å². The third-order valence-corrected chi connectivity index (χ3v) is 3.97. The van der Waals surface area contributed by atoms with E-state index in [9.17, 15) is 0 Å². The molecule has 0 amide bonds. The molecule has 18 heavy (non-hydrogen) atoms. The van der Waals surface area contributed by atoms with E-state index in [0.717, 1.165) is 25.3 Å². The fraction of sp³-hybridized carbons (Fsp3) is 0.600. The van der Waals surface area contributed by atoms with Gasteiger partial charge in [0.1, 0.15) is 0 Å². The molecule has 1 aromatic rings. The lowest BCUT2D eigenvalue weighted by atomic mass is 10.0. The molecule has 0 aromatic heterocycles. The standard InChI is InChI=1S/C15H25NOS/c1-2-6-14(9-11-17)13-16-10-12-18-15-7-4-3-5-8-15/h3-5,7-8,14,16-17H,2,6,9-13H2,1H3. The molecule has 0 aliphatic carbocycles. The van der Waals surface area contributed by atoms with Crippen LogP contribution in [0.25, 0.3) is 0 Å². The first-order chi connectivity index (χ1) is 8.86. The lowest BCUT2D eigenvalue weighted by molar-refractivity contribution is 0.248. The Hall–Kier alpha value is -0.510. The van der Waals surface area contributed by atoms with Gasteiger partial charge in [0.15, 0.2) is 0 Å². The topological polar surface area (TPSA) is 32.3 Å². The van der Waals surface area contributed by atoms with Gasteiger partial charge in [-0.25, -0.2) is 0 Å². The van der Waals surface area contributed by atoms with Crippen molar-refractivity contribution in [3.63, 3.8) is 0 Å². The molecule has 1 rings (SSSR count). The summed E-state index contributed by atoms with van der Waals surface area (Å²) >= 11 is 1.89. The summed E-state index contributed by atoms with van der Waals surface area (Å²) in [6.45, 7) is 4.58. The van der Waals surface area contributed by atoms with Crippen molar-refractivity contribution in [2.75, 3.05) is 25.4 Å². The van der Waals surface area contributed by atoms with Gasteiger partial charge in [-0.05, 0) is 37.4 Å². The van der Waals surface area contributed by atoms with E-state index in [4.69, 9.17) is 5.11 Å². The fourth-order valence-electron chi connectivity index (χ4n) is 2.00. The number of aliphatic hydroxyl groups is 1. The number of rotatable bonds is 10. The maximum atomic E-state index is 8.98. The van der Waals surface area contributed by atoms with E-state index < -0.39 is 0 Å². The lowest BCUT2D eigenvalue weighted by Crippen LogP contribution is -2.25. The summed E-state index contributed by atoms with van der Waals surface area (Å²) < 4.78 is 0. The zero-order valence-corrected chi connectivity index (χ0v) is 12.1. The first-order valence-electron chi connectivity index (χ1n) is 6.86. The minimum absolute atomic E-state index is 0.311. The Balaban J connectivity index is 2.06. The van der Waals surface area contributed by atoms with Gasteiger partial charge in [-0.1, -0.05) is 31.5 Å². The summed E-state index contributed by atoms with van der Waals surface area (Å²) in [6.07, 6.45) is 3.33. The highest BCUT2D eigenvalue weighted by Crippen LogP contribution is 2.16. The summed E-state index contributed by atoms with van der Waals surface area (Å²) in [4.78, 5) is 1.33. The van der Waals surface area contributed by atoms with Crippen LogP contribution >= 0.6 is 11.8 Å². The molecule has 0 spiro atoms. The zero-order chi connectivity index (χ0) is 13.1. The van der Waals surface area contributed by atoms with Gasteiger partial charge in [-0.3, -0.25) is 0 Å². The Bertz CT molecular complexity index is 286. The van der Waals surface area contributed by atoms with Crippen LogP contribution in [-0.2, 0) is 0 Å². The SMILES string of the molecule is CCCC(CCO)CNCCSc1ccccc1. The number of benzene rings is 1. The molecule has 2 nitrogen and oxygen atoms in total. The van der Waals surface area contributed by atoms with Crippen LogP contribution in [0.15, 0.2) is 35.2 Å². The first-order valence-corrected chi connectivity index (χ1v) is 7.84. The highest BCUT2D eigenvalue weighted by molar-refractivity contribution is 7.99. The summed E-state index contributed by atoms with van der Waals surface area (Å²) in [5, 5.41) is 12.5. The average molecular weight is 267 g/mol. The molecule has 0 aliphatic heterocycles. The van der Waals surface area contributed by atoms with E-state index in [2.05, 4.69) is 36.5 Å². The molecule has 1 unspecified atom stereocenters. The largest absolute Gasteiger partial charge is 0.396 e. The molecule has 1 atom stereocenters. The monoisotopic (exact) mass is 267 g/mol. The zero-order valence-electron chi connectivity index (χ0n) is 11.3. The van der Waals surface area contributed by atoms with Gasteiger partial charge >= 0.3 is 0 Å². The second kappa shape index (κ2) is 10.4. The summed E-state index contributed by atoms with van der Waals surface area (Å²) in [5.74, 6) is 1.73. The van der Waals surface area contributed by atoms with Crippen molar-refractivity contribution < 1.29 is 5.11 Å². The summed E-state index contributed by atoms with van der Waals surface area (Å²) in [5.41, 5.74) is 0. The maximum absolute atomic E-state index is 8.98. The second-order valence-corrected chi connectivity index (χ2v) is 5.70. The molecule has 0 heterocycles. The number of hydrogen-bond donors (Lipinski definition) is 2. The quantitative estimate of drug-likeness (QED) is 0.504. The van der Waals surface area contributed by atoms with Crippen molar-refractivity contribution in [3.05, 3.63) is 30.3 Å². The van der Waals surface area contributed by atoms with Crippen molar-refractivity contribution in [2.45, 2.75) is 31.1 Å². The third-order valence-electron chi connectivity index (χ3n) is 2.96. The molecule has 0 fully saturated rings. The number of aliphatic hydroxyl groups excluding tert-OH is 1. The summed E-state index contributed by atoms with van der Waals surface area (Å²) in [6, 6.07) is 10.5. The predicted molar refractivity (Wildman–Crippen MR) is 80.1 cm³/mol. The van der Waals surface area contributed by atoms with Crippen LogP contribution in [0, 0.1) is 5.92 Å². The molecule has 0 radical (unpaired) electrons. The van der Waals surface area contributed by atoms with Crippen molar-refractivity contribution in [3.8, 4) is 0 Å². The Morgan fingerprint density at radius 3 is 2.67 bits per heavy atom. The van der Waals surface area contributed by atoms with E-state index >= 15 is 0 Å². The Labute approximate surface area is 115 Å². The van der Waals surface area contributed by atoms with Crippen LogP contribution in [0.4, 0.5) is 0 Å². The van der Waals surface area contributed by atoms with Crippen LogP contribution in [0.2, 0.25) is 0 Å². The molecule has 0 saturated carbocycles. The Morgan fingerprint density at radius 2 is 2.00 bits per heavy atom. The highest BCUT2D eigenvalue weighted by Gasteiger charge is 2.05. The predicted octanol–water partition coefficient (Wildman–Crippen LogP) is 3.17. The Kier molecular flexibility index (Phi) is 9.00. The van der Waals surface area contributed by atoms with Crippen LogP contribution in [0.3, 0.4) is 0 Å². The van der Waals surface area contributed by atoms with Crippen LogP contribution in [0.5, 0.6) is 0 Å². The number of nitrogens with one attached hydrogen (secondary N) is 1. The number of hydrogen-bond acceptors (Lipinski definition) is 3. The molecular weight excluding hydrogens is 242 g/mol. The van der Waals surface area contributed by atoms with E-state index in [-0.39, 0.29) is 0 Å². The molecule has 102 valence electrons. The van der Waals surface area contributed by atoms with E-state index in [1.54, 1.807) is 0 Å². The van der Waals surface area contributed by atoms with Crippen LogP contribution < -0.4 is 5.32 Å². The minimum Gasteiger partial charge on any atom is -0.396 e. The molecule has 1 aromatic carbocycles. The number of thioether (sulfide) groups is 1. The summed E-state index contributed by atoms with van der Waals surface area (Å²) in [7, 11) is 0. The highest BCUT2D eigenvalue weighted by atomic mass is 32.2. The molecule has 2 N–H and O–H groups in total. The fourth-order valence-corrected chi connectivity index (χ4v) is 2.83. The van der Waals surface area contributed by atoms with Crippen molar-refractivity contribution in [1.29, 1.82) is 0 Å². The maximum Gasteiger partial charge on any atom is 0.0434 e. The second-order valence-electron chi connectivity index (χ2n) is 4.53. The van der Waals surface area contributed by atoms with Gasteiger partial charge < -0.3 is 10.4 Å². The smallest absolute Gasteiger partial charge is 0.0434 e. The van der Waals surface area contributed by atoms with Gasteiger partial charge in [-0.2, -0.15) is 0 Å². The van der Waals surface area contributed by atoms with Gasteiger partial charge in [0.25, 0.3) is 0 Å². The van der Waals surface area contributed by atoms with Gasteiger partial charge in [0, 0.05) is 23.8 Å². The molecule has 3 heteroatoms. The van der Waals surface area contributed by atoms with Crippen molar-refractivity contribution in [2.24, 2.45) is 5.92 Å². The van der Waals surface area contributed by atoms with Crippen molar-refractivity contribution >= 4 is 11.8 Å². The third kappa shape index (κ3) is 7.04. The van der Waals surface area contributed by atoms with E-state index in [0.29, 0.717) is 12.5 Å². The van der Waals surface area contributed by atoms with Gasteiger partial charge in [0.05, 0.1) is 0 Å². The average Bonchev–Trinajstić information content (AvgIpc) is 2.40. The van der Waals surface area contributed by atoms with Crippen molar-refractivity contribution in [1.82, 2.24) is 5.32 Å². The first kappa shape index (κ1) is 15.5. The van der Waals surface area contributed by atoms with E-state index in [1.165, 1.54) is 17.7 Å². The molecule has 0 aliphatic rings. The van der Waals surface area contributed by atoms with Crippen LogP contribution in [-0.4, -0.2) is 30.6 Å². The molecule has 0 saturated heterocycles. The van der Waals surface area contributed by atoms with Crippen LogP contribution in [0.1, 0.15) is 26.2 Å². The Morgan fingerprint density at radius 1 is 1.22 bits per heavy atom. The normalized spacial score (nSPS) is 12.6. The molecular formula is C15H25NOS. The van der Waals surface area contributed by atoms with Gasteiger partial charge in [-0.15, -0.1) is 11.8 Å². The minimum atomic E-state index is 0.311. The van der Waals surface area contributed by atoms with Gasteiger partial charge in [0.2, 0.25) is 0 Å².